The van der Waals surface area contributed by atoms with E-state index in [0.717, 1.165) is 0 Å². The Kier molecular flexibility index (Phi) is 1.26. The molecule has 0 amide bonds. The fraction of sp³-hybridized carbons (Fsp3) is 0. The Morgan fingerprint density at radius 2 is 1.83 bits per heavy atom. The topological polar surface area (TPSA) is 78.2 Å². The van der Waals surface area contributed by atoms with Crippen LogP contribution in [0.25, 0.3) is 0 Å². The predicted molar refractivity (Wildman–Crippen MR) is 20.3 cm³/mol. The van der Waals surface area contributed by atoms with Crippen LogP contribution in [0.3, 0.4) is 0 Å². The number of nitrogens with one attached hydrogen (secondary N) is 1. The minimum Gasteiger partial charge on any atom is -0.295 e. The zero-order valence-electron chi connectivity index (χ0n) is 2.75. The van der Waals surface area contributed by atoms with Crippen molar-refractivity contribution in [1.82, 2.24) is 0 Å². The molecule has 0 atom stereocenters. The molecule has 2 N–H and O–H groups in total. The first kappa shape index (κ1) is 5.58. The second-order valence-electron chi connectivity index (χ2n) is 0.633. The van der Waals surface area contributed by atoms with E-state index in [-0.39, 0.29) is 5.55 Å². The number of hydrogen-bond donors (Lipinski definition) is 2. The van der Waals surface area contributed by atoms with Gasteiger partial charge in [0.2, 0.25) is 0 Å². The van der Waals surface area contributed by atoms with E-state index in [1.165, 1.54) is 0 Å². The first-order valence-electron chi connectivity index (χ1n) is 1.04. The lowest BCUT2D eigenvalue weighted by Crippen LogP contribution is -1.94. The summed E-state index contributed by atoms with van der Waals surface area (Å²) in [6.45, 7) is 0. The van der Waals surface area contributed by atoms with Crippen LogP contribution in [0.5, 0.6) is 0 Å². The van der Waals surface area contributed by atoms with E-state index in [2.05, 4.69) is 0 Å². The Morgan fingerprint density at radius 3 is 1.83 bits per heavy atom. The quantitative estimate of drug-likeness (QED) is 0.270. The van der Waals surface area contributed by atoms with E-state index in [0.29, 0.717) is 0 Å². The number of hydrogen-bond acceptors (Lipinski definition) is 3. The summed E-state index contributed by atoms with van der Waals surface area (Å²) in [6, 6.07) is 0. The zero-order chi connectivity index (χ0) is 5.21. The minimum absolute atomic E-state index is 0.0347. The normalized spacial score (nSPS) is 10.8. The van der Waals surface area contributed by atoms with Crippen molar-refractivity contribution in [3.05, 3.63) is 0 Å². The standard InChI is InChI=1S/CH3NO3S/c2-1-6(3,4)5/h1-2H,(H,3,4,5). The fourth-order valence-corrected chi connectivity index (χ4v) is 0. The van der Waals surface area contributed by atoms with Gasteiger partial charge in [-0.1, -0.05) is 0 Å². The SMILES string of the molecule is N=CS(=O)(=O)O. The van der Waals surface area contributed by atoms with Crippen molar-refractivity contribution in [2.45, 2.75) is 0 Å². The average Bonchev–Trinajstić information content (AvgIpc) is 1.35. The molecule has 0 spiro atoms. The lowest BCUT2D eigenvalue weighted by molar-refractivity contribution is 0.499. The molecular formula is CH3NO3S. The van der Waals surface area contributed by atoms with Gasteiger partial charge in [0.05, 0.1) is 0 Å². The van der Waals surface area contributed by atoms with Gasteiger partial charge in [-0.05, 0) is 0 Å². The third kappa shape index (κ3) is 3.58. The molecule has 4 nitrogen and oxygen atoms in total. The van der Waals surface area contributed by atoms with Gasteiger partial charge in [-0.2, -0.15) is 8.42 Å². The van der Waals surface area contributed by atoms with Crippen LogP contribution in [0.15, 0.2) is 0 Å². The highest BCUT2D eigenvalue weighted by Gasteiger charge is 1.90. The third-order valence-corrected chi connectivity index (χ3v) is 0.447. The molecule has 0 aliphatic rings. The summed E-state index contributed by atoms with van der Waals surface area (Å²) in [5, 5.41) is 5.89. The highest BCUT2D eigenvalue weighted by molar-refractivity contribution is 7.99. The molecule has 0 unspecified atom stereocenters. The van der Waals surface area contributed by atoms with E-state index in [9.17, 15) is 8.42 Å². The molecule has 0 saturated heterocycles. The van der Waals surface area contributed by atoms with Crippen molar-refractivity contribution in [3.63, 3.8) is 0 Å². The molecule has 6 heavy (non-hydrogen) atoms. The molecule has 36 valence electrons. The van der Waals surface area contributed by atoms with Crippen LogP contribution in [0.4, 0.5) is 0 Å². The van der Waals surface area contributed by atoms with E-state index < -0.39 is 10.1 Å². The molecule has 0 aromatic rings. The van der Waals surface area contributed by atoms with E-state index in [1.807, 2.05) is 0 Å². The van der Waals surface area contributed by atoms with Crippen LogP contribution >= 0.6 is 0 Å². The second kappa shape index (κ2) is 1.36. The molecule has 0 aliphatic carbocycles. The predicted octanol–water partition coefficient (Wildman–Crippen LogP) is -0.519. The fourth-order valence-electron chi connectivity index (χ4n) is 0. The lowest BCUT2D eigenvalue weighted by atomic mass is 11.7. The maximum atomic E-state index is 9.31. The van der Waals surface area contributed by atoms with Crippen LogP contribution in [-0.4, -0.2) is 18.5 Å². The summed E-state index contributed by atoms with van der Waals surface area (Å²) < 4.78 is 26.2. The highest BCUT2D eigenvalue weighted by atomic mass is 32.2. The molecule has 0 aromatic heterocycles. The van der Waals surface area contributed by atoms with Gasteiger partial charge >= 0.3 is 10.1 Å². The van der Waals surface area contributed by atoms with Crippen molar-refractivity contribution in [3.8, 4) is 0 Å². The Hall–Kier alpha value is -0.420. The molecule has 0 aliphatic heterocycles. The Balaban J connectivity index is 4.25. The van der Waals surface area contributed by atoms with Gasteiger partial charge in [0.1, 0.15) is 5.55 Å². The zero-order valence-corrected chi connectivity index (χ0v) is 3.57. The van der Waals surface area contributed by atoms with Gasteiger partial charge < -0.3 is 0 Å². The maximum absolute atomic E-state index is 9.31. The van der Waals surface area contributed by atoms with Crippen molar-refractivity contribution in [2.24, 2.45) is 0 Å². The van der Waals surface area contributed by atoms with Crippen molar-refractivity contribution < 1.29 is 13.0 Å². The highest BCUT2D eigenvalue weighted by Crippen LogP contribution is 1.65. The monoisotopic (exact) mass is 109 g/mol. The summed E-state index contributed by atoms with van der Waals surface area (Å²) in [5.41, 5.74) is -0.0347. The summed E-state index contributed by atoms with van der Waals surface area (Å²) in [6.07, 6.45) is 0. The summed E-state index contributed by atoms with van der Waals surface area (Å²) in [5.74, 6) is 0. The van der Waals surface area contributed by atoms with Crippen molar-refractivity contribution in [1.29, 1.82) is 5.41 Å². The lowest BCUT2D eigenvalue weighted by Gasteiger charge is -1.71. The summed E-state index contributed by atoms with van der Waals surface area (Å²) >= 11 is 0. The van der Waals surface area contributed by atoms with Gasteiger partial charge in [-0.25, -0.2) is 0 Å². The molecule has 0 aromatic carbocycles. The van der Waals surface area contributed by atoms with E-state index in [1.54, 1.807) is 0 Å². The van der Waals surface area contributed by atoms with Crippen LogP contribution in [0.1, 0.15) is 0 Å². The van der Waals surface area contributed by atoms with Gasteiger partial charge in [0.25, 0.3) is 0 Å². The van der Waals surface area contributed by atoms with Gasteiger partial charge in [-0.15, -0.1) is 0 Å². The smallest absolute Gasteiger partial charge is 0.295 e. The summed E-state index contributed by atoms with van der Waals surface area (Å²) in [4.78, 5) is 0. The van der Waals surface area contributed by atoms with Crippen molar-refractivity contribution >= 4 is 15.7 Å². The maximum Gasteiger partial charge on any atom is 0.304 e. The van der Waals surface area contributed by atoms with Crippen LogP contribution < -0.4 is 0 Å². The molecule has 0 fully saturated rings. The second-order valence-corrected chi connectivity index (χ2v) is 1.90. The van der Waals surface area contributed by atoms with Gasteiger partial charge in [0, 0.05) is 0 Å². The molecule has 5 heteroatoms. The molecule has 0 saturated carbocycles. The Morgan fingerprint density at radius 1 is 1.67 bits per heavy atom. The third-order valence-electron chi connectivity index (χ3n) is 0.149. The van der Waals surface area contributed by atoms with Crippen LogP contribution in [-0.2, 0) is 10.1 Å². The molecule has 0 heterocycles. The van der Waals surface area contributed by atoms with E-state index in [4.69, 9.17) is 9.96 Å². The molecule has 0 bridgehead atoms. The van der Waals surface area contributed by atoms with Crippen molar-refractivity contribution in [2.75, 3.05) is 0 Å². The molecular weight excluding hydrogens is 106 g/mol. The Labute approximate surface area is 35.1 Å². The molecule has 0 radical (unpaired) electrons. The Bertz CT molecular complexity index is 121. The number of rotatable bonds is 1. The molecule has 0 rings (SSSR count). The average molecular weight is 109 g/mol. The minimum atomic E-state index is -4.12. The van der Waals surface area contributed by atoms with Crippen LogP contribution in [0.2, 0.25) is 0 Å². The van der Waals surface area contributed by atoms with Gasteiger partial charge in [-0.3, -0.25) is 9.96 Å². The first-order chi connectivity index (χ1) is 2.56. The first-order valence-corrected chi connectivity index (χ1v) is 2.54. The van der Waals surface area contributed by atoms with Crippen LogP contribution in [0, 0.1) is 5.41 Å². The van der Waals surface area contributed by atoms with E-state index >= 15 is 0 Å². The van der Waals surface area contributed by atoms with Gasteiger partial charge in [0.15, 0.2) is 0 Å². The largest absolute Gasteiger partial charge is 0.304 e. The summed E-state index contributed by atoms with van der Waals surface area (Å²) in [7, 11) is -4.12.